The van der Waals surface area contributed by atoms with Crippen molar-refractivity contribution < 1.29 is 8.42 Å². The second-order valence-corrected chi connectivity index (χ2v) is 6.86. The van der Waals surface area contributed by atoms with Gasteiger partial charge in [0.05, 0.1) is 32.4 Å². The molecule has 0 fully saturated rings. The highest BCUT2D eigenvalue weighted by molar-refractivity contribution is 7.92. The Morgan fingerprint density at radius 1 is 0.952 bits per heavy atom. The van der Waals surface area contributed by atoms with Gasteiger partial charge in [0.15, 0.2) is 0 Å². The topological polar surface area (TPSA) is 70.0 Å². The molecule has 0 saturated carbocycles. The molecule has 0 bridgehead atoms. The molecule has 21 heavy (non-hydrogen) atoms. The summed E-state index contributed by atoms with van der Waals surface area (Å²) in [4.78, 5) is -0.130. The molecule has 0 radical (unpaired) electrons. The first-order valence-electron chi connectivity index (χ1n) is 5.51. The summed E-state index contributed by atoms with van der Waals surface area (Å²) in [6.45, 7) is 0. The summed E-state index contributed by atoms with van der Waals surface area (Å²) >= 11 is 17.5. The number of halogens is 3. The SMILES string of the molecule is N#Cc1ccc(S(=O)(=O)Nc2ccc(Cl)c(Cl)c2)c(Cl)c1. The van der Waals surface area contributed by atoms with E-state index in [1.165, 1.54) is 36.4 Å². The second-order valence-electron chi connectivity index (χ2n) is 3.99. The molecule has 2 aromatic carbocycles. The van der Waals surface area contributed by atoms with Gasteiger partial charge in [0.2, 0.25) is 0 Å². The minimum Gasteiger partial charge on any atom is -0.280 e. The Hall–Kier alpha value is -1.45. The van der Waals surface area contributed by atoms with Gasteiger partial charge in [-0.2, -0.15) is 5.26 Å². The van der Waals surface area contributed by atoms with Gasteiger partial charge in [-0.15, -0.1) is 0 Å². The van der Waals surface area contributed by atoms with Crippen molar-refractivity contribution in [2.45, 2.75) is 4.90 Å². The van der Waals surface area contributed by atoms with E-state index in [0.29, 0.717) is 5.02 Å². The summed E-state index contributed by atoms with van der Waals surface area (Å²) in [6.07, 6.45) is 0. The third-order valence-corrected chi connectivity index (χ3v) is 5.13. The highest BCUT2D eigenvalue weighted by atomic mass is 35.5. The molecule has 0 aliphatic rings. The monoisotopic (exact) mass is 360 g/mol. The van der Waals surface area contributed by atoms with Crippen LogP contribution in [-0.4, -0.2) is 8.42 Å². The van der Waals surface area contributed by atoms with Crippen molar-refractivity contribution in [3.05, 3.63) is 57.0 Å². The van der Waals surface area contributed by atoms with Crippen molar-refractivity contribution >= 4 is 50.5 Å². The molecule has 2 rings (SSSR count). The minimum absolute atomic E-state index is 0.0402. The molecule has 0 heterocycles. The van der Waals surface area contributed by atoms with Gasteiger partial charge in [-0.25, -0.2) is 8.42 Å². The van der Waals surface area contributed by atoms with Gasteiger partial charge in [-0.1, -0.05) is 34.8 Å². The molecule has 2 aromatic rings. The van der Waals surface area contributed by atoms with Gasteiger partial charge < -0.3 is 0 Å². The standard InChI is InChI=1S/C13H7Cl3N2O2S/c14-10-3-2-9(6-11(10)15)18-21(19,20)13-4-1-8(7-17)5-12(13)16/h1-6,18H. The average Bonchev–Trinajstić information content (AvgIpc) is 2.42. The summed E-state index contributed by atoms with van der Waals surface area (Å²) in [5, 5.41) is 9.25. The van der Waals surface area contributed by atoms with Crippen LogP contribution in [0.4, 0.5) is 5.69 Å². The molecular formula is C13H7Cl3N2O2S. The number of hydrogen-bond donors (Lipinski definition) is 1. The van der Waals surface area contributed by atoms with Crippen LogP contribution in [0.1, 0.15) is 5.56 Å². The van der Waals surface area contributed by atoms with E-state index in [-0.39, 0.29) is 26.2 Å². The van der Waals surface area contributed by atoms with Crippen LogP contribution < -0.4 is 4.72 Å². The van der Waals surface area contributed by atoms with E-state index in [4.69, 9.17) is 40.1 Å². The van der Waals surface area contributed by atoms with Gasteiger partial charge in [-0.05, 0) is 36.4 Å². The fourth-order valence-corrected chi connectivity index (χ4v) is 3.45. The van der Waals surface area contributed by atoms with Crippen LogP contribution in [-0.2, 0) is 10.0 Å². The largest absolute Gasteiger partial charge is 0.280 e. The quantitative estimate of drug-likeness (QED) is 0.885. The number of benzene rings is 2. The van der Waals surface area contributed by atoms with E-state index in [9.17, 15) is 8.42 Å². The number of hydrogen-bond acceptors (Lipinski definition) is 3. The molecule has 108 valence electrons. The van der Waals surface area contributed by atoms with Crippen LogP contribution in [0.25, 0.3) is 0 Å². The molecule has 0 unspecified atom stereocenters. The van der Waals surface area contributed by atoms with E-state index < -0.39 is 10.0 Å². The molecule has 0 atom stereocenters. The zero-order valence-electron chi connectivity index (χ0n) is 10.3. The van der Waals surface area contributed by atoms with Crippen LogP contribution in [0.5, 0.6) is 0 Å². The van der Waals surface area contributed by atoms with E-state index in [2.05, 4.69) is 4.72 Å². The molecule has 0 aliphatic heterocycles. The molecule has 0 aromatic heterocycles. The third-order valence-electron chi connectivity index (χ3n) is 2.52. The Bertz CT molecular complexity index is 845. The van der Waals surface area contributed by atoms with Crippen molar-refractivity contribution in [3.63, 3.8) is 0 Å². The zero-order valence-corrected chi connectivity index (χ0v) is 13.4. The lowest BCUT2D eigenvalue weighted by atomic mass is 10.2. The Morgan fingerprint density at radius 2 is 1.67 bits per heavy atom. The predicted octanol–water partition coefficient (Wildman–Crippen LogP) is 4.32. The Labute approximate surface area is 136 Å². The number of nitrogens with zero attached hydrogens (tertiary/aromatic N) is 1. The first-order chi connectivity index (χ1) is 9.83. The van der Waals surface area contributed by atoms with Gasteiger partial charge in [-0.3, -0.25) is 4.72 Å². The van der Waals surface area contributed by atoms with Crippen molar-refractivity contribution in [1.29, 1.82) is 5.26 Å². The zero-order chi connectivity index (χ0) is 15.6. The maximum absolute atomic E-state index is 12.3. The number of rotatable bonds is 3. The Balaban J connectivity index is 2.38. The van der Waals surface area contributed by atoms with Crippen molar-refractivity contribution in [3.8, 4) is 6.07 Å². The number of anilines is 1. The predicted molar refractivity (Wildman–Crippen MR) is 83.4 cm³/mol. The van der Waals surface area contributed by atoms with E-state index in [0.717, 1.165) is 0 Å². The first kappa shape index (κ1) is 15.9. The van der Waals surface area contributed by atoms with Crippen LogP contribution >= 0.6 is 34.8 Å². The van der Waals surface area contributed by atoms with Crippen molar-refractivity contribution in [2.75, 3.05) is 4.72 Å². The first-order valence-corrected chi connectivity index (χ1v) is 8.13. The fraction of sp³-hybridized carbons (Fsp3) is 0. The fourth-order valence-electron chi connectivity index (χ4n) is 1.56. The maximum atomic E-state index is 12.3. The third kappa shape index (κ3) is 3.60. The molecule has 0 aliphatic carbocycles. The molecule has 0 saturated heterocycles. The molecule has 8 heteroatoms. The molecule has 0 amide bonds. The molecule has 4 nitrogen and oxygen atoms in total. The molecule has 1 N–H and O–H groups in total. The second kappa shape index (κ2) is 6.12. The van der Waals surface area contributed by atoms with Gasteiger partial charge in [0, 0.05) is 0 Å². The van der Waals surface area contributed by atoms with Gasteiger partial charge >= 0.3 is 0 Å². The maximum Gasteiger partial charge on any atom is 0.263 e. The highest BCUT2D eigenvalue weighted by Crippen LogP contribution is 2.28. The summed E-state index contributed by atoms with van der Waals surface area (Å²) in [7, 11) is -3.89. The average molecular weight is 362 g/mol. The minimum atomic E-state index is -3.89. The molecular weight excluding hydrogens is 355 g/mol. The highest BCUT2D eigenvalue weighted by Gasteiger charge is 2.18. The van der Waals surface area contributed by atoms with E-state index in [1.54, 1.807) is 0 Å². The summed E-state index contributed by atoms with van der Waals surface area (Å²) in [5.74, 6) is 0. The van der Waals surface area contributed by atoms with E-state index in [1.807, 2.05) is 6.07 Å². The van der Waals surface area contributed by atoms with Gasteiger partial charge in [0.25, 0.3) is 10.0 Å². The molecule has 0 spiro atoms. The van der Waals surface area contributed by atoms with Crippen LogP contribution in [0.2, 0.25) is 15.1 Å². The Kier molecular flexibility index (Phi) is 4.64. The number of sulfonamides is 1. The summed E-state index contributed by atoms with van der Waals surface area (Å²) in [6, 6.07) is 10.1. The number of nitriles is 1. The number of nitrogens with one attached hydrogen (secondary N) is 1. The van der Waals surface area contributed by atoms with Crippen LogP contribution in [0, 0.1) is 11.3 Å². The van der Waals surface area contributed by atoms with Crippen LogP contribution in [0.3, 0.4) is 0 Å². The van der Waals surface area contributed by atoms with Crippen molar-refractivity contribution in [1.82, 2.24) is 0 Å². The smallest absolute Gasteiger partial charge is 0.263 e. The normalized spacial score (nSPS) is 11.0. The lowest BCUT2D eigenvalue weighted by molar-refractivity contribution is 0.601. The van der Waals surface area contributed by atoms with Gasteiger partial charge in [0.1, 0.15) is 4.90 Å². The summed E-state index contributed by atoms with van der Waals surface area (Å²) in [5.41, 5.74) is 0.526. The lowest BCUT2D eigenvalue weighted by Crippen LogP contribution is -2.13. The lowest BCUT2D eigenvalue weighted by Gasteiger charge is -2.10. The summed E-state index contributed by atoms with van der Waals surface area (Å²) < 4.78 is 26.9. The van der Waals surface area contributed by atoms with E-state index >= 15 is 0 Å². The van der Waals surface area contributed by atoms with Crippen molar-refractivity contribution in [2.24, 2.45) is 0 Å². The van der Waals surface area contributed by atoms with Crippen LogP contribution in [0.15, 0.2) is 41.3 Å². The Morgan fingerprint density at radius 3 is 2.24 bits per heavy atom.